The van der Waals surface area contributed by atoms with Crippen molar-refractivity contribution in [2.24, 2.45) is 13.0 Å². The molecule has 0 N–H and O–H groups in total. The zero-order chi connectivity index (χ0) is 16.0. The van der Waals surface area contributed by atoms with Gasteiger partial charge in [-0.1, -0.05) is 0 Å². The number of aryl methyl sites for hydroxylation is 2. The summed E-state index contributed by atoms with van der Waals surface area (Å²) >= 11 is 0. The fourth-order valence-electron chi connectivity index (χ4n) is 3.86. The molecule has 1 aromatic rings. The number of carbonyl (C=O) groups excluding carboxylic acids is 2. The van der Waals surface area contributed by atoms with Crippen LogP contribution in [0.15, 0.2) is 0 Å². The van der Waals surface area contributed by atoms with E-state index in [1.807, 2.05) is 11.9 Å². The molecule has 1 unspecified atom stereocenters. The molecule has 1 atom stereocenters. The van der Waals surface area contributed by atoms with Crippen LogP contribution >= 0.6 is 0 Å². The molecule has 1 saturated carbocycles. The Morgan fingerprint density at radius 2 is 2.09 bits per heavy atom. The highest BCUT2D eigenvalue weighted by Gasteiger charge is 2.39. The predicted molar refractivity (Wildman–Crippen MR) is 83.0 cm³/mol. The van der Waals surface area contributed by atoms with Crippen molar-refractivity contribution in [3.8, 4) is 0 Å². The summed E-state index contributed by atoms with van der Waals surface area (Å²) in [6.07, 6.45) is 6.85. The molecule has 6 nitrogen and oxygen atoms in total. The summed E-state index contributed by atoms with van der Waals surface area (Å²) < 4.78 is 7.20. The number of amides is 1. The van der Waals surface area contributed by atoms with E-state index in [0.717, 1.165) is 56.3 Å². The van der Waals surface area contributed by atoms with Gasteiger partial charge >= 0.3 is 5.97 Å². The van der Waals surface area contributed by atoms with Crippen molar-refractivity contribution in [2.75, 3.05) is 13.2 Å². The molecule has 2 fully saturated rings. The van der Waals surface area contributed by atoms with Crippen molar-refractivity contribution >= 4 is 11.9 Å². The molecule has 23 heavy (non-hydrogen) atoms. The third-order valence-electron chi connectivity index (χ3n) is 5.19. The topological polar surface area (TPSA) is 64.4 Å². The van der Waals surface area contributed by atoms with Crippen LogP contribution in [0.4, 0.5) is 0 Å². The van der Waals surface area contributed by atoms with Crippen LogP contribution in [0.25, 0.3) is 0 Å². The molecule has 1 aromatic heterocycles. The summed E-state index contributed by atoms with van der Waals surface area (Å²) in [6, 6.07) is 0.451. The summed E-state index contributed by atoms with van der Waals surface area (Å²) in [6.45, 7) is 1.06. The Labute approximate surface area is 135 Å². The highest BCUT2D eigenvalue weighted by Crippen LogP contribution is 2.32. The minimum atomic E-state index is -0.291. The molecule has 4 rings (SSSR count). The summed E-state index contributed by atoms with van der Waals surface area (Å²) in [4.78, 5) is 26.4. The van der Waals surface area contributed by atoms with E-state index >= 15 is 0 Å². The van der Waals surface area contributed by atoms with E-state index in [9.17, 15) is 9.59 Å². The van der Waals surface area contributed by atoms with E-state index in [0.29, 0.717) is 24.8 Å². The van der Waals surface area contributed by atoms with Gasteiger partial charge in [0.2, 0.25) is 5.91 Å². The van der Waals surface area contributed by atoms with E-state index in [2.05, 4.69) is 5.10 Å². The fraction of sp³-hybridized carbons (Fsp3) is 0.706. The third kappa shape index (κ3) is 2.75. The molecular formula is C17H23N3O3. The first-order chi connectivity index (χ1) is 11.1. The predicted octanol–water partition coefficient (Wildman–Crippen LogP) is 1.47. The number of fused-ring (bicyclic) bond motifs is 1. The molecular weight excluding hydrogens is 294 g/mol. The lowest BCUT2D eigenvalue weighted by Crippen LogP contribution is -2.28. The van der Waals surface area contributed by atoms with Crippen LogP contribution in [-0.4, -0.2) is 45.8 Å². The molecule has 2 heterocycles. The van der Waals surface area contributed by atoms with Crippen LogP contribution in [0, 0.1) is 5.92 Å². The molecule has 6 heteroatoms. The lowest BCUT2D eigenvalue weighted by atomic mass is 9.96. The number of hydrogen-bond donors (Lipinski definition) is 0. The van der Waals surface area contributed by atoms with Gasteiger partial charge in [-0.05, 0) is 38.5 Å². The van der Waals surface area contributed by atoms with Gasteiger partial charge < -0.3 is 9.64 Å². The fourth-order valence-corrected chi connectivity index (χ4v) is 3.86. The number of hydrogen-bond acceptors (Lipinski definition) is 4. The Morgan fingerprint density at radius 3 is 2.87 bits per heavy atom. The Morgan fingerprint density at radius 1 is 1.30 bits per heavy atom. The van der Waals surface area contributed by atoms with E-state index in [-0.39, 0.29) is 17.8 Å². The van der Waals surface area contributed by atoms with Crippen LogP contribution in [0.5, 0.6) is 0 Å². The average molecular weight is 317 g/mol. The molecule has 0 bridgehead atoms. The molecule has 1 aliphatic heterocycles. The SMILES string of the molecule is Cn1nc2c(c1C(=O)OCC1CC(=O)N(C3CC3)C1)CCCC2. The second-order valence-electron chi connectivity index (χ2n) is 7.05. The number of ether oxygens (including phenoxy) is 1. The normalized spacial score (nSPS) is 24.0. The smallest absolute Gasteiger partial charge is 0.356 e. The van der Waals surface area contributed by atoms with Crippen LogP contribution in [-0.2, 0) is 29.4 Å². The molecule has 0 aromatic carbocycles. The minimum Gasteiger partial charge on any atom is -0.461 e. The van der Waals surface area contributed by atoms with E-state index in [4.69, 9.17) is 4.74 Å². The van der Waals surface area contributed by atoms with Crippen molar-refractivity contribution in [2.45, 2.75) is 51.0 Å². The van der Waals surface area contributed by atoms with Gasteiger partial charge in [0.15, 0.2) is 0 Å². The van der Waals surface area contributed by atoms with Crippen molar-refractivity contribution in [3.63, 3.8) is 0 Å². The lowest BCUT2D eigenvalue weighted by Gasteiger charge is -2.16. The second kappa shape index (κ2) is 5.65. The monoisotopic (exact) mass is 317 g/mol. The van der Waals surface area contributed by atoms with E-state index < -0.39 is 0 Å². The maximum atomic E-state index is 12.5. The largest absolute Gasteiger partial charge is 0.461 e. The van der Waals surface area contributed by atoms with Gasteiger partial charge in [0, 0.05) is 37.5 Å². The van der Waals surface area contributed by atoms with Crippen LogP contribution in [0.2, 0.25) is 0 Å². The van der Waals surface area contributed by atoms with E-state index in [1.54, 1.807) is 4.68 Å². The molecule has 2 aliphatic carbocycles. The van der Waals surface area contributed by atoms with Gasteiger partial charge in [0.1, 0.15) is 5.69 Å². The molecule has 1 saturated heterocycles. The van der Waals surface area contributed by atoms with Crippen molar-refractivity contribution < 1.29 is 14.3 Å². The number of nitrogens with zero attached hydrogens (tertiary/aromatic N) is 3. The van der Waals surface area contributed by atoms with E-state index in [1.165, 1.54) is 0 Å². The van der Waals surface area contributed by atoms with Gasteiger partial charge in [0.05, 0.1) is 12.3 Å². The van der Waals surface area contributed by atoms with Crippen molar-refractivity contribution in [3.05, 3.63) is 17.0 Å². The average Bonchev–Trinajstić information content (AvgIpc) is 3.22. The molecule has 3 aliphatic rings. The molecule has 124 valence electrons. The summed E-state index contributed by atoms with van der Waals surface area (Å²) in [5.41, 5.74) is 2.70. The van der Waals surface area contributed by atoms with Gasteiger partial charge in [-0.3, -0.25) is 9.48 Å². The highest BCUT2D eigenvalue weighted by molar-refractivity contribution is 5.89. The quantitative estimate of drug-likeness (QED) is 0.789. The molecule has 0 spiro atoms. The second-order valence-corrected chi connectivity index (χ2v) is 7.05. The zero-order valence-electron chi connectivity index (χ0n) is 13.6. The summed E-state index contributed by atoms with van der Waals surface area (Å²) in [7, 11) is 1.81. The Kier molecular flexibility index (Phi) is 3.62. The third-order valence-corrected chi connectivity index (χ3v) is 5.19. The number of esters is 1. The number of rotatable bonds is 4. The number of aromatic nitrogens is 2. The molecule has 0 radical (unpaired) electrons. The van der Waals surface area contributed by atoms with Crippen molar-refractivity contribution in [1.29, 1.82) is 0 Å². The Bertz CT molecular complexity index is 648. The van der Waals surface area contributed by atoms with Crippen LogP contribution in [0.1, 0.15) is 53.8 Å². The number of carbonyl (C=O) groups is 2. The highest BCUT2D eigenvalue weighted by atomic mass is 16.5. The summed E-state index contributed by atoms with van der Waals surface area (Å²) in [5, 5.41) is 4.46. The first kappa shape index (κ1) is 14.7. The van der Waals surface area contributed by atoms with Crippen molar-refractivity contribution in [1.82, 2.24) is 14.7 Å². The van der Waals surface area contributed by atoms with Gasteiger partial charge in [0.25, 0.3) is 0 Å². The first-order valence-electron chi connectivity index (χ1n) is 8.65. The minimum absolute atomic E-state index is 0.135. The van der Waals surface area contributed by atoms with Crippen LogP contribution in [0.3, 0.4) is 0 Å². The lowest BCUT2D eigenvalue weighted by molar-refractivity contribution is -0.128. The standard InChI is InChI=1S/C17H23N3O3/c1-19-16(13-4-2-3-5-14(13)18-19)17(22)23-10-11-8-15(21)20(9-11)12-6-7-12/h11-12H,2-10H2,1H3. The molecule has 1 amide bonds. The van der Waals surface area contributed by atoms with Gasteiger partial charge in [-0.15, -0.1) is 0 Å². The maximum absolute atomic E-state index is 12.5. The maximum Gasteiger partial charge on any atom is 0.356 e. The van der Waals surface area contributed by atoms with Gasteiger partial charge in [-0.25, -0.2) is 4.79 Å². The first-order valence-corrected chi connectivity index (χ1v) is 8.65. The summed E-state index contributed by atoms with van der Waals surface area (Å²) in [5.74, 6) is 0.0584. The Hall–Kier alpha value is -1.85. The van der Waals surface area contributed by atoms with Crippen LogP contribution < -0.4 is 0 Å². The Balaban J connectivity index is 1.39. The number of likely N-dealkylation sites (tertiary alicyclic amines) is 1. The van der Waals surface area contributed by atoms with Gasteiger partial charge in [-0.2, -0.15) is 5.10 Å². The zero-order valence-corrected chi connectivity index (χ0v) is 13.6.